The Morgan fingerprint density at radius 1 is 1.04 bits per heavy atom. The molecule has 0 bridgehead atoms. The molecule has 2 N–H and O–H groups in total. The highest BCUT2D eigenvalue weighted by atomic mass is 79.9. The first kappa shape index (κ1) is 17.6. The summed E-state index contributed by atoms with van der Waals surface area (Å²) in [6.07, 6.45) is -4.53. The molecule has 1 heterocycles. The Labute approximate surface area is 155 Å². The first-order chi connectivity index (χ1) is 11.8. The van der Waals surface area contributed by atoms with Crippen LogP contribution >= 0.6 is 28.1 Å². The van der Waals surface area contributed by atoms with Gasteiger partial charge in [-0.2, -0.15) is 18.3 Å². The van der Waals surface area contributed by atoms with Crippen molar-refractivity contribution < 1.29 is 13.2 Å². The van der Waals surface area contributed by atoms with E-state index in [0.717, 1.165) is 10.5 Å². The molecule has 3 nitrogen and oxygen atoms in total. The zero-order valence-corrected chi connectivity index (χ0v) is 15.0. The predicted molar refractivity (Wildman–Crippen MR) is 97.6 cm³/mol. The Hall–Kier alpha value is -2.19. The molecule has 0 fully saturated rings. The van der Waals surface area contributed by atoms with Crippen molar-refractivity contribution >= 4 is 33.1 Å². The van der Waals surface area contributed by atoms with Gasteiger partial charge in [0.25, 0.3) is 0 Å². The molecule has 0 aliphatic rings. The van der Waals surface area contributed by atoms with Gasteiger partial charge >= 0.3 is 6.18 Å². The normalized spacial score (nSPS) is 11.5. The zero-order valence-electron chi connectivity index (χ0n) is 12.6. The number of halogens is 4. The molecular weight excluding hydrogens is 415 g/mol. The number of benzene rings is 2. The molecule has 0 aliphatic heterocycles. The van der Waals surface area contributed by atoms with Crippen molar-refractivity contribution in [3.63, 3.8) is 0 Å². The molecule has 8 heteroatoms. The monoisotopic (exact) mass is 425 g/mol. The highest BCUT2D eigenvalue weighted by molar-refractivity contribution is 9.10. The summed E-state index contributed by atoms with van der Waals surface area (Å²) in [7, 11) is 0. The standard InChI is InChI=1S/C17H11BrF3N3S/c18-12-5-1-10(2-6-12)14-9-15(17(19,20)21)23-24(14)13-7-3-11(4-8-13)16(22)25/h1-9H,(H2,22,25). The Kier molecular flexibility index (Phi) is 4.66. The van der Waals surface area contributed by atoms with Crippen molar-refractivity contribution in [1.82, 2.24) is 9.78 Å². The fourth-order valence-corrected chi connectivity index (χ4v) is 2.71. The molecular formula is C17H11BrF3N3S. The van der Waals surface area contributed by atoms with Crippen LogP contribution in [0.3, 0.4) is 0 Å². The molecule has 25 heavy (non-hydrogen) atoms. The van der Waals surface area contributed by atoms with Crippen LogP contribution in [0.1, 0.15) is 11.3 Å². The van der Waals surface area contributed by atoms with Crippen molar-refractivity contribution in [3.8, 4) is 16.9 Å². The zero-order chi connectivity index (χ0) is 18.2. The second-order valence-electron chi connectivity index (χ2n) is 5.24. The van der Waals surface area contributed by atoms with E-state index in [1.54, 1.807) is 48.5 Å². The lowest BCUT2D eigenvalue weighted by atomic mass is 10.1. The van der Waals surface area contributed by atoms with Crippen LogP contribution in [0.5, 0.6) is 0 Å². The largest absolute Gasteiger partial charge is 0.435 e. The summed E-state index contributed by atoms with van der Waals surface area (Å²) in [5.74, 6) is 0. The summed E-state index contributed by atoms with van der Waals surface area (Å²) in [4.78, 5) is 0.219. The van der Waals surface area contributed by atoms with Crippen molar-refractivity contribution in [2.45, 2.75) is 6.18 Å². The van der Waals surface area contributed by atoms with Crippen molar-refractivity contribution in [3.05, 3.63) is 70.3 Å². The number of rotatable bonds is 3. The van der Waals surface area contributed by atoms with E-state index >= 15 is 0 Å². The third-order valence-corrected chi connectivity index (χ3v) is 4.30. The van der Waals surface area contributed by atoms with Crippen molar-refractivity contribution in [2.24, 2.45) is 5.73 Å². The van der Waals surface area contributed by atoms with Crippen molar-refractivity contribution in [2.75, 3.05) is 0 Å². The van der Waals surface area contributed by atoms with E-state index in [1.807, 2.05) is 0 Å². The minimum absolute atomic E-state index is 0.219. The molecule has 0 amide bonds. The van der Waals surface area contributed by atoms with Gasteiger partial charge in [-0.25, -0.2) is 4.68 Å². The van der Waals surface area contributed by atoms with Crippen molar-refractivity contribution in [1.29, 1.82) is 0 Å². The van der Waals surface area contributed by atoms with Crippen LogP contribution in [0.2, 0.25) is 0 Å². The van der Waals surface area contributed by atoms with Gasteiger partial charge in [-0.1, -0.05) is 40.3 Å². The summed E-state index contributed by atoms with van der Waals surface area (Å²) >= 11 is 8.21. The number of thiocarbonyl (C=S) groups is 1. The first-order valence-corrected chi connectivity index (χ1v) is 8.29. The Balaban J connectivity index is 2.15. The molecule has 3 rings (SSSR count). The second-order valence-corrected chi connectivity index (χ2v) is 6.60. The van der Waals surface area contributed by atoms with E-state index in [0.29, 0.717) is 22.5 Å². The summed E-state index contributed by atoms with van der Waals surface area (Å²) in [5.41, 5.74) is 6.66. The average molecular weight is 426 g/mol. The van der Waals surface area contributed by atoms with Gasteiger partial charge < -0.3 is 5.73 Å². The minimum atomic E-state index is -4.53. The molecule has 0 saturated heterocycles. The molecule has 0 spiro atoms. The van der Waals surface area contributed by atoms with E-state index in [-0.39, 0.29) is 4.99 Å². The predicted octanol–water partition coefficient (Wildman–Crippen LogP) is 4.95. The number of aromatic nitrogens is 2. The van der Waals surface area contributed by atoms with Crippen LogP contribution in [-0.2, 0) is 6.18 Å². The van der Waals surface area contributed by atoms with Gasteiger partial charge in [-0.05, 0) is 42.5 Å². The number of hydrogen-bond donors (Lipinski definition) is 1. The SMILES string of the molecule is NC(=S)c1ccc(-n2nc(C(F)(F)F)cc2-c2ccc(Br)cc2)cc1. The maximum atomic E-state index is 13.1. The quantitative estimate of drug-likeness (QED) is 0.603. The molecule has 1 aromatic heterocycles. The Bertz CT molecular complexity index is 916. The Morgan fingerprint density at radius 3 is 2.16 bits per heavy atom. The van der Waals surface area contributed by atoms with E-state index in [2.05, 4.69) is 21.0 Å². The maximum absolute atomic E-state index is 13.1. The number of hydrogen-bond acceptors (Lipinski definition) is 2. The van der Waals surface area contributed by atoms with Gasteiger partial charge in [0, 0.05) is 15.6 Å². The van der Waals surface area contributed by atoms with Gasteiger partial charge in [0.15, 0.2) is 5.69 Å². The van der Waals surface area contributed by atoms with Crippen LogP contribution in [0.15, 0.2) is 59.1 Å². The average Bonchev–Trinajstić information content (AvgIpc) is 3.01. The van der Waals surface area contributed by atoms with Gasteiger partial charge in [-0.3, -0.25) is 0 Å². The minimum Gasteiger partial charge on any atom is -0.389 e. The smallest absolute Gasteiger partial charge is 0.389 e. The van der Waals surface area contributed by atoms with Crippen LogP contribution in [0, 0.1) is 0 Å². The van der Waals surface area contributed by atoms with E-state index in [9.17, 15) is 13.2 Å². The molecule has 0 unspecified atom stereocenters. The number of nitrogens with zero attached hydrogens (tertiary/aromatic N) is 2. The molecule has 0 atom stereocenters. The summed E-state index contributed by atoms with van der Waals surface area (Å²) < 4.78 is 41.5. The fourth-order valence-electron chi connectivity index (χ4n) is 2.31. The van der Waals surface area contributed by atoms with E-state index in [4.69, 9.17) is 18.0 Å². The van der Waals surface area contributed by atoms with Crippen LogP contribution in [0.25, 0.3) is 16.9 Å². The summed E-state index contributed by atoms with van der Waals surface area (Å²) in [6.45, 7) is 0. The highest BCUT2D eigenvalue weighted by Crippen LogP contribution is 2.33. The van der Waals surface area contributed by atoms with Gasteiger partial charge in [0.05, 0.1) is 11.4 Å². The lowest BCUT2D eigenvalue weighted by Gasteiger charge is -2.09. The number of nitrogens with two attached hydrogens (primary N) is 1. The molecule has 128 valence electrons. The maximum Gasteiger partial charge on any atom is 0.435 e. The van der Waals surface area contributed by atoms with Crippen LogP contribution in [-0.4, -0.2) is 14.8 Å². The Morgan fingerprint density at radius 2 is 1.64 bits per heavy atom. The van der Waals surface area contributed by atoms with Gasteiger partial charge in [0.1, 0.15) is 4.99 Å². The van der Waals surface area contributed by atoms with E-state index < -0.39 is 11.9 Å². The third-order valence-electron chi connectivity index (χ3n) is 3.54. The van der Waals surface area contributed by atoms with Gasteiger partial charge in [0.2, 0.25) is 0 Å². The second kappa shape index (κ2) is 6.61. The first-order valence-electron chi connectivity index (χ1n) is 7.09. The summed E-state index contributed by atoms with van der Waals surface area (Å²) in [6, 6.07) is 14.6. The number of alkyl halides is 3. The van der Waals surface area contributed by atoms with Crippen LogP contribution in [0.4, 0.5) is 13.2 Å². The molecule has 0 aliphatic carbocycles. The molecule has 3 aromatic rings. The highest BCUT2D eigenvalue weighted by Gasteiger charge is 2.35. The molecule has 0 saturated carbocycles. The lowest BCUT2D eigenvalue weighted by molar-refractivity contribution is -0.141. The summed E-state index contributed by atoms with van der Waals surface area (Å²) in [5, 5.41) is 3.74. The van der Waals surface area contributed by atoms with Gasteiger partial charge in [-0.15, -0.1) is 0 Å². The molecule has 0 radical (unpaired) electrons. The third kappa shape index (κ3) is 3.74. The molecule has 2 aromatic carbocycles. The topological polar surface area (TPSA) is 43.8 Å². The van der Waals surface area contributed by atoms with E-state index in [1.165, 1.54) is 4.68 Å². The fraction of sp³-hybridized carbons (Fsp3) is 0.0588. The van der Waals surface area contributed by atoms with Crippen LogP contribution < -0.4 is 5.73 Å². The lowest BCUT2D eigenvalue weighted by Crippen LogP contribution is -2.10.